The quantitative estimate of drug-likeness (QED) is 0.567. The van der Waals surface area contributed by atoms with Crippen molar-refractivity contribution >= 4 is 5.97 Å². The van der Waals surface area contributed by atoms with Gasteiger partial charge in [0.25, 0.3) is 0 Å². The number of hydrogen-bond acceptors (Lipinski definition) is 3. The van der Waals surface area contributed by atoms with E-state index in [-0.39, 0.29) is 5.70 Å². The van der Waals surface area contributed by atoms with Crippen LogP contribution in [0.2, 0.25) is 0 Å². The summed E-state index contributed by atoms with van der Waals surface area (Å²) >= 11 is 0. The molecule has 0 radical (unpaired) electrons. The Hall–Kier alpha value is -1.51. The Morgan fingerprint density at radius 2 is 2.40 bits per heavy atom. The number of nitrogens with two attached hydrogens (primary N) is 1. The van der Waals surface area contributed by atoms with Crippen LogP contribution in [0.1, 0.15) is 26.2 Å². The molecule has 0 aromatic carbocycles. The molecule has 0 saturated heterocycles. The van der Waals surface area contributed by atoms with E-state index in [1.54, 1.807) is 13.0 Å². The Morgan fingerprint density at radius 1 is 1.60 bits per heavy atom. The Morgan fingerprint density at radius 3 is 3.00 bits per heavy atom. The summed E-state index contributed by atoms with van der Waals surface area (Å²) in [6.07, 6.45) is 10.9. The van der Waals surface area contributed by atoms with Crippen LogP contribution in [0.25, 0.3) is 0 Å². The Kier molecular flexibility index (Phi) is 4.68. The molecule has 3 nitrogen and oxygen atoms in total. The van der Waals surface area contributed by atoms with Gasteiger partial charge < -0.3 is 10.5 Å². The van der Waals surface area contributed by atoms with Gasteiger partial charge in [-0.15, -0.1) is 0 Å². The number of carbonyl (C=O) groups excluding carboxylic acids is 1. The highest BCUT2D eigenvalue weighted by molar-refractivity contribution is 5.87. The number of allylic oxidation sites excluding steroid dienone is 5. The molecule has 0 atom stereocenters. The average molecular weight is 207 g/mol. The molecule has 0 spiro atoms. The minimum absolute atomic E-state index is 0.191. The summed E-state index contributed by atoms with van der Waals surface area (Å²) in [5, 5.41) is 0. The van der Waals surface area contributed by atoms with E-state index in [1.807, 2.05) is 0 Å². The monoisotopic (exact) mass is 207 g/mol. The molecule has 0 saturated carbocycles. The molecular formula is C12H17NO2. The van der Waals surface area contributed by atoms with E-state index in [1.165, 1.54) is 5.57 Å². The van der Waals surface area contributed by atoms with E-state index in [4.69, 9.17) is 10.5 Å². The van der Waals surface area contributed by atoms with Crippen molar-refractivity contribution in [3.63, 3.8) is 0 Å². The van der Waals surface area contributed by atoms with Gasteiger partial charge in [0.1, 0.15) is 5.70 Å². The van der Waals surface area contributed by atoms with Gasteiger partial charge in [-0.1, -0.05) is 18.2 Å². The summed E-state index contributed by atoms with van der Waals surface area (Å²) in [5.74, 6) is -0.433. The maximum atomic E-state index is 11.2. The van der Waals surface area contributed by atoms with Crippen LogP contribution in [0.15, 0.2) is 35.6 Å². The fraction of sp³-hybridized carbons (Fsp3) is 0.417. The van der Waals surface area contributed by atoms with E-state index >= 15 is 0 Å². The molecule has 15 heavy (non-hydrogen) atoms. The summed E-state index contributed by atoms with van der Waals surface area (Å²) in [4.78, 5) is 11.2. The van der Waals surface area contributed by atoms with Gasteiger partial charge in [0.05, 0.1) is 6.61 Å². The van der Waals surface area contributed by atoms with Gasteiger partial charge in [-0.05, 0) is 37.8 Å². The molecule has 0 aliphatic heterocycles. The van der Waals surface area contributed by atoms with E-state index < -0.39 is 5.97 Å². The topological polar surface area (TPSA) is 52.3 Å². The van der Waals surface area contributed by atoms with Crippen molar-refractivity contribution in [3.8, 4) is 0 Å². The van der Waals surface area contributed by atoms with Crippen LogP contribution < -0.4 is 5.73 Å². The third-order valence-corrected chi connectivity index (χ3v) is 2.14. The minimum Gasteiger partial charge on any atom is -0.461 e. The van der Waals surface area contributed by atoms with Crippen LogP contribution in [0.5, 0.6) is 0 Å². The van der Waals surface area contributed by atoms with Crippen molar-refractivity contribution in [3.05, 3.63) is 35.6 Å². The first-order valence-corrected chi connectivity index (χ1v) is 5.22. The summed E-state index contributed by atoms with van der Waals surface area (Å²) in [6.45, 7) is 2.12. The highest BCUT2D eigenvalue weighted by Gasteiger charge is 2.05. The fourth-order valence-electron chi connectivity index (χ4n) is 1.34. The number of carbonyl (C=O) groups is 1. The van der Waals surface area contributed by atoms with E-state index in [9.17, 15) is 4.79 Å². The molecule has 0 aromatic heterocycles. The molecule has 3 heteroatoms. The first-order chi connectivity index (χ1) is 7.24. The smallest absolute Gasteiger partial charge is 0.353 e. The largest absolute Gasteiger partial charge is 0.461 e. The van der Waals surface area contributed by atoms with Crippen molar-refractivity contribution in [1.82, 2.24) is 0 Å². The van der Waals surface area contributed by atoms with Gasteiger partial charge >= 0.3 is 5.97 Å². The second-order valence-corrected chi connectivity index (χ2v) is 3.34. The Labute approximate surface area is 90.3 Å². The molecule has 0 unspecified atom stereocenters. The highest BCUT2D eigenvalue weighted by atomic mass is 16.5. The lowest BCUT2D eigenvalue weighted by Gasteiger charge is -2.05. The van der Waals surface area contributed by atoms with E-state index in [0.29, 0.717) is 13.0 Å². The SMILES string of the molecule is CCOC(=O)/C(N)=C/CC1=CCCC=C1. The van der Waals surface area contributed by atoms with E-state index in [2.05, 4.69) is 18.2 Å². The normalized spacial score (nSPS) is 16.1. The Bertz CT molecular complexity index is 314. The molecule has 0 fully saturated rings. The maximum Gasteiger partial charge on any atom is 0.353 e. The van der Waals surface area contributed by atoms with Gasteiger partial charge in [0, 0.05) is 0 Å². The molecule has 0 bridgehead atoms. The first-order valence-electron chi connectivity index (χ1n) is 5.22. The minimum atomic E-state index is -0.433. The molecule has 0 heterocycles. The van der Waals surface area contributed by atoms with E-state index in [0.717, 1.165) is 12.8 Å². The number of rotatable bonds is 4. The summed E-state index contributed by atoms with van der Waals surface area (Å²) in [5.41, 5.74) is 6.95. The lowest BCUT2D eigenvalue weighted by atomic mass is 10.0. The second-order valence-electron chi connectivity index (χ2n) is 3.34. The molecule has 1 aliphatic carbocycles. The predicted molar refractivity (Wildman–Crippen MR) is 60.0 cm³/mol. The Balaban J connectivity index is 2.46. The summed E-state index contributed by atoms with van der Waals surface area (Å²) < 4.78 is 4.77. The summed E-state index contributed by atoms with van der Waals surface area (Å²) in [6, 6.07) is 0. The molecule has 2 N–H and O–H groups in total. The van der Waals surface area contributed by atoms with Crippen molar-refractivity contribution in [2.45, 2.75) is 26.2 Å². The fourth-order valence-corrected chi connectivity index (χ4v) is 1.34. The van der Waals surface area contributed by atoms with Crippen molar-refractivity contribution in [1.29, 1.82) is 0 Å². The lowest BCUT2D eigenvalue weighted by molar-refractivity contribution is -0.138. The number of hydrogen-bond donors (Lipinski definition) is 1. The van der Waals surface area contributed by atoms with Gasteiger partial charge in [-0.25, -0.2) is 4.79 Å². The standard InChI is InChI=1S/C12H17NO2/c1-2-15-12(14)11(13)9-8-10-6-4-3-5-7-10/h4,6-7,9H,2-3,5,8,13H2,1H3/b11-9-. The van der Waals surface area contributed by atoms with Gasteiger partial charge in [0.15, 0.2) is 0 Å². The maximum absolute atomic E-state index is 11.2. The molecule has 82 valence electrons. The zero-order valence-corrected chi connectivity index (χ0v) is 9.03. The zero-order chi connectivity index (χ0) is 11.1. The molecule has 1 rings (SSSR count). The van der Waals surface area contributed by atoms with Crippen LogP contribution in [-0.4, -0.2) is 12.6 Å². The van der Waals surface area contributed by atoms with Crippen LogP contribution in [0.4, 0.5) is 0 Å². The van der Waals surface area contributed by atoms with Crippen LogP contribution in [0.3, 0.4) is 0 Å². The predicted octanol–water partition coefficient (Wildman–Crippen LogP) is 2.06. The molecular weight excluding hydrogens is 190 g/mol. The van der Waals surface area contributed by atoms with Crippen molar-refractivity contribution in [2.75, 3.05) is 6.61 Å². The van der Waals surface area contributed by atoms with Crippen molar-refractivity contribution < 1.29 is 9.53 Å². The third-order valence-electron chi connectivity index (χ3n) is 2.14. The second kappa shape index (κ2) is 6.06. The van der Waals surface area contributed by atoms with Crippen molar-refractivity contribution in [2.24, 2.45) is 5.73 Å². The zero-order valence-electron chi connectivity index (χ0n) is 9.03. The van der Waals surface area contributed by atoms with Gasteiger partial charge in [0.2, 0.25) is 0 Å². The molecule has 1 aliphatic rings. The number of ether oxygens (including phenoxy) is 1. The average Bonchev–Trinajstić information content (AvgIpc) is 2.27. The van der Waals surface area contributed by atoms with Crippen LogP contribution >= 0.6 is 0 Å². The highest BCUT2D eigenvalue weighted by Crippen LogP contribution is 2.13. The molecule has 0 aromatic rings. The van der Waals surface area contributed by atoms with Gasteiger partial charge in [-0.2, -0.15) is 0 Å². The third kappa shape index (κ3) is 4.02. The molecule has 0 amide bonds. The van der Waals surface area contributed by atoms with Crippen LogP contribution in [-0.2, 0) is 9.53 Å². The van der Waals surface area contributed by atoms with Gasteiger partial charge in [-0.3, -0.25) is 0 Å². The van der Waals surface area contributed by atoms with Crippen LogP contribution in [0, 0.1) is 0 Å². The summed E-state index contributed by atoms with van der Waals surface area (Å²) in [7, 11) is 0. The lowest BCUT2D eigenvalue weighted by Crippen LogP contribution is -2.14. The first kappa shape index (κ1) is 11.6. The number of esters is 1.